The Morgan fingerprint density at radius 3 is 2.48 bits per heavy atom. The van der Waals surface area contributed by atoms with Gasteiger partial charge in [-0.1, -0.05) is 18.2 Å². The van der Waals surface area contributed by atoms with E-state index in [9.17, 15) is 14.4 Å². The minimum atomic E-state index is -0.573. The van der Waals surface area contributed by atoms with Crippen LogP contribution in [0.5, 0.6) is 0 Å². The molecule has 0 atom stereocenters. The van der Waals surface area contributed by atoms with Crippen molar-refractivity contribution in [3.8, 4) is 5.69 Å². The van der Waals surface area contributed by atoms with Gasteiger partial charge in [0.15, 0.2) is 0 Å². The van der Waals surface area contributed by atoms with E-state index in [0.29, 0.717) is 11.3 Å². The highest BCUT2D eigenvalue weighted by atomic mass is 16.2. The molecule has 8 nitrogen and oxygen atoms in total. The van der Waals surface area contributed by atoms with Crippen LogP contribution in [0.1, 0.15) is 11.3 Å². The molecule has 1 N–H and O–H groups in total. The van der Waals surface area contributed by atoms with Crippen LogP contribution in [0.25, 0.3) is 5.69 Å². The largest absolute Gasteiger partial charge is 0.344 e. The predicted molar refractivity (Wildman–Crippen MR) is 83.6 cm³/mol. The van der Waals surface area contributed by atoms with Gasteiger partial charge in [0.05, 0.1) is 17.6 Å². The van der Waals surface area contributed by atoms with Crippen molar-refractivity contribution in [1.82, 2.24) is 19.7 Å². The summed E-state index contributed by atoms with van der Waals surface area (Å²) in [5.74, 6) is -0.403. The molecule has 118 valence electrons. The number of hydrogen-bond acceptors (Lipinski definition) is 4. The molecule has 8 heteroatoms. The first-order chi connectivity index (χ1) is 11.0. The molecule has 1 aliphatic heterocycles. The number of benzene rings is 1. The van der Waals surface area contributed by atoms with Gasteiger partial charge in [-0.05, 0) is 19.1 Å². The number of nitrogens with zero attached hydrogens (tertiary/aromatic N) is 4. The number of carbonyl (C=O) groups excluding carboxylic acids is 2. The van der Waals surface area contributed by atoms with E-state index in [0.717, 1.165) is 10.7 Å². The van der Waals surface area contributed by atoms with Gasteiger partial charge in [0, 0.05) is 12.6 Å². The van der Waals surface area contributed by atoms with Gasteiger partial charge in [-0.3, -0.25) is 19.6 Å². The Labute approximate surface area is 131 Å². The smallest absolute Gasteiger partial charge is 0.279 e. The van der Waals surface area contributed by atoms with Gasteiger partial charge in [0.1, 0.15) is 6.54 Å². The van der Waals surface area contributed by atoms with Crippen LogP contribution < -0.4 is 10.9 Å². The van der Waals surface area contributed by atoms with Crippen molar-refractivity contribution >= 4 is 18.2 Å². The zero-order chi connectivity index (χ0) is 16.6. The van der Waals surface area contributed by atoms with Crippen LogP contribution in [-0.2, 0) is 11.8 Å². The Morgan fingerprint density at radius 1 is 1.17 bits per heavy atom. The van der Waals surface area contributed by atoms with Crippen molar-refractivity contribution in [1.29, 1.82) is 0 Å². The molecule has 3 amide bonds. The van der Waals surface area contributed by atoms with E-state index in [1.54, 1.807) is 18.7 Å². The molecule has 0 aliphatic carbocycles. The Kier molecular flexibility index (Phi) is 3.57. The van der Waals surface area contributed by atoms with E-state index < -0.39 is 11.9 Å². The topological polar surface area (TPSA) is 88.7 Å². The van der Waals surface area contributed by atoms with Crippen molar-refractivity contribution in [2.24, 2.45) is 12.1 Å². The van der Waals surface area contributed by atoms with Gasteiger partial charge in [-0.2, -0.15) is 5.10 Å². The highest BCUT2D eigenvalue weighted by molar-refractivity contribution is 6.02. The normalized spacial score (nSPS) is 14.8. The Balaban J connectivity index is 2.00. The second kappa shape index (κ2) is 5.56. The van der Waals surface area contributed by atoms with Crippen LogP contribution in [0.2, 0.25) is 0 Å². The van der Waals surface area contributed by atoms with E-state index in [2.05, 4.69) is 10.4 Å². The molecule has 1 aromatic heterocycles. The number of urea groups is 1. The summed E-state index contributed by atoms with van der Waals surface area (Å²) in [4.78, 5) is 35.1. The zero-order valence-electron chi connectivity index (χ0n) is 12.7. The maximum absolute atomic E-state index is 12.5. The number of hydrogen-bond donors (Lipinski definition) is 1. The van der Waals surface area contributed by atoms with E-state index in [4.69, 9.17) is 0 Å². The summed E-state index contributed by atoms with van der Waals surface area (Å²) in [6, 6.07) is 8.64. The first kappa shape index (κ1) is 14.8. The van der Waals surface area contributed by atoms with Crippen LogP contribution >= 0.6 is 0 Å². The number of nitrogens with one attached hydrogen (secondary N) is 1. The second-order valence-corrected chi connectivity index (χ2v) is 5.14. The van der Waals surface area contributed by atoms with Crippen molar-refractivity contribution in [3.05, 3.63) is 51.9 Å². The lowest BCUT2D eigenvalue weighted by Crippen LogP contribution is -2.24. The lowest BCUT2D eigenvalue weighted by molar-refractivity contribution is -0.118. The summed E-state index contributed by atoms with van der Waals surface area (Å²) < 4.78 is 3.18. The second-order valence-electron chi connectivity index (χ2n) is 5.14. The molecule has 0 saturated carbocycles. The Hall–Kier alpha value is -3.16. The number of hydrazone groups is 1. The number of amides is 3. The quantitative estimate of drug-likeness (QED) is 0.656. The van der Waals surface area contributed by atoms with Gasteiger partial charge >= 0.3 is 6.03 Å². The van der Waals surface area contributed by atoms with E-state index in [-0.39, 0.29) is 12.1 Å². The van der Waals surface area contributed by atoms with Crippen molar-refractivity contribution in [3.63, 3.8) is 0 Å². The Bertz CT molecular complexity index is 863. The summed E-state index contributed by atoms with van der Waals surface area (Å²) in [6.45, 7) is 1.57. The first-order valence-electron chi connectivity index (χ1n) is 6.98. The van der Waals surface area contributed by atoms with Crippen LogP contribution in [-0.4, -0.2) is 39.1 Å². The fourth-order valence-electron chi connectivity index (χ4n) is 2.44. The zero-order valence-corrected chi connectivity index (χ0v) is 12.7. The van der Waals surface area contributed by atoms with Crippen LogP contribution in [0.3, 0.4) is 0 Å². The monoisotopic (exact) mass is 313 g/mol. The number of rotatable bonds is 3. The van der Waals surface area contributed by atoms with Gasteiger partial charge in [0.25, 0.3) is 5.56 Å². The lowest BCUT2D eigenvalue weighted by Gasteiger charge is -2.09. The van der Waals surface area contributed by atoms with Crippen molar-refractivity contribution in [2.75, 3.05) is 6.54 Å². The number of aromatic nitrogens is 2. The van der Waals surface area contributed by atoms with Gasteiger partial charge in [0.2, 0.25) is 5.91 Å². The minimum absolute atomic E-state index is 0.123. The summed E-state index contributed by atoms with van der Waals surface area (Å²) in [5, 5.41) is 7.15. The first-order valence-corrected chi connectivity index (χ1v) is 6.98. The molecule has 1 fully saturated rings. The van der Waals surface area contributed by atoms with Crippen LogP contribution in [0.4, 0.5) is 4.79 Å². The molecular weight excluding hydrogens is 298 g/mol. The molecule has 0 bridgehead atoms. The molecule has 1 aromatic carbocycles. The summed E-state index contributed by atoms with van der Waals surface area (Å²) in [6.07, 6.45) is 1.41. The number of imide groups is 1. The average Bonchev–Trinajstić information content (AvgIpc) is 2.96. The predicted octanol–water partition coefficient (Wildman–Crippen LogP) is 0.370. The fraction of sp³-hybridized carbons (Fsp3) is 0.200. The SMILES string of the molecule is Cc1c(C=NN2CC(=O)NC2=O)n(C)n(-c2ccccc2)c1=O. The summed E-state index contributed by atoms with van der Waals surface area (Å²) in [5.41, 5.74) is 1.64. The molecule has 0 spiro atoms. The van der Waals surface area contributed by atoms with E-state index in [1.165, 1.54) is 10.9 Å². The molecule has 2 aromatic rings. The fourth-order valence-corrected chi connectivity index (χ4v) is 2.44. The maximum atomic E-state index is 12.5. The minimum Gasteiger partial charge on any atom is -0.279 e. The van der Waals surface area contributed by atoms with Gasteiger partial charge in [-0.25, -0.2) is 14.5 Å². The van der Waals surface area contributed by atoms with Crippen LogP contribution in [0, 0.1) is 6.92 Å². The third-order valence-corrected chi connectivity index (χ3v) is 3.64. The van der Waals surface area contributed by atoms with Gasteiger partial charge in [-0.15, -0.1) is 0 Å². The Morgan fingerprint density at radius 2 is 1.87 bits per heavy atom. The number of carbonyl (C=O) groups is 2. The highest BCUT2D eigenvalue weighted by Gasteiger charge is 2.26. The lowest BCUT2D eigenvalue weighted by atomic mass is 10.3. The molecular formula is C15H15N5O3. The van der Waals surface area contributed by atoms with E-state index >= 15 is 0 Å². The van der Waals surface area contributed by atoms with Crippen LogP contribution in [0.15, 0.2) is 40.2 Å². The summed E-state index contributed by atoms with van der Waals surface area (Å²) in [7, 11) is 1.73. The molecule has 0 unspecified atom stereocenters. The van der Waals surface area contributed by atoms with Crippen molar-refractivity contribution < 1.29 is 9.59 Å². The molecule has 23 heavy (non-hydrogen) atoms. The molecule has 2 heterocycles. The third kappa shape index (κ3) is 2.54. The molecule has 0 radical (unpaired) electrons. The molecule has 1 aliphatic rings. The summed E-state index contributed by atoms with van der Waals surface area (Å²) >= 11 is 0. The standard InChI is InChI=1S/C15H15N5O3/c1-10-12(8-16-19-9-13(21)17-15(19)23)18(2)20(14(10)22)11-6-4-3-5-7-11/h3-8H,9H2,1-2H3,(H,17,21,23). The number of para-hydroxylation sites is 1. The highest BCUT2D eigenvalue weighted by Crippen LogP contribution is 2.09. The van der Waals surface area contributed by atoms with Gasteiger partial charge < -0.3 is 0 Å². The molecule has 3 rings (SSSR count). The van der Waals surface area contributed by atoms with Crippen molar-refractivity contribution in [2.45, 2.75) is 6.92 Å². The third-order valence-electron chi connectivity index (χ3n) is 3.64. The molecule has 1 saturated heterocycles. The maximum Gasteiger partial charge on any atom is 0.344 e. The average molecular weight is 313 g/mol. The van der Waals surface area contributed by atoms with E-state index in [1.807, 2.05) is 30.3 Å².